The fourth-order valence-electron chi connectivity index (χ4n) is 4.03. The van der Waals surface area contributed by atoms with Gasteiger partial charge in [-0.25, -0.2) is 0 Å². The summed E-state index contributed by atoms with van der Waals surface area (Å²) >= 11 is -0.119. The molecule has 6 nitrogen and oxygen atoms in total. The number of hydrogen-bond acceptors (Lipinski definition) is 4. The SMILES string of the molecule is O=C(NCCCCN=C1C=C(c2ccccc2O)NC2=[C-]C=I[I-]N21)c1ccccc1-c1ccccc1.[Mo]. The number of phenols is 1. The van der Waals surface area contributed by atoms with Gasteiger partial charge in [0.15, 0.2) is 0 Å². The second-order valence-corrected chi connectivity index (χ2v) is 16.4. The van der Waals surface area contributed by atoms with Crippen LogP contribution in [0.15, 0.2) is 95.8 Å². The number of nitrogens with zero attached hydrogens (tertiary/aromatic N) is 2. The molecule has 2 aliphatic rings. The Kier molecular flexibility index (Phi) is 10.7. The Morgan fingerprint density at radius 3 is 2.55 bits per heavy atom. The molecule has 196 valence electrons. The van der Waals surface area contributed by atoms with Gasteiger partial charge in [-0.3, -0.25) is 0 Å². The van der Waals surface area contributed by atoms with Gasteiger partial charge in [-0.15, -0.1) is 0 Å². The zero-order chi connectivity index (χ0) is 25.5. The van der Waals surface area contributed by atoms with Crippen molar-refractivity contribution in [3.05, 3.63) is 108 Å². The van der Waals surface area contributed by atoms with E-state index in [1.54, 1.807) is 6.07 Å². The molecule has 0 atom stereocenters. The van der Waals surface area contributed by atoms with Crippen molar-refractivity contribution in [2.75, 3.05) is 13.1 Å². The van der Waals surface area contributed by atoms with Crippen molar-refractivity contribution in [2.24, 2.45) is 4.99 Å². The average Bonchev–Trinajstić information content (AvgIpc) is 2.95. The summed E-state index contributed by atoms with van der Waals surface area (Å²) < 4.78 is 4.45. The third-order valence-corrected chi connectivity index (χ3v) is 13.4. The molecular weight excluding hydrogens is 786 g/mol. The topological polar surface area (TPSA) is 77.0 Å². The number of amidine groups is 1. The summed E-state index contributed by atoms with van der Waals surface area (Å²) in [4.78, 5) is 17.8. The fraction of sp³-hybridized carbons (Fsp3) is 0.138. The molecule has 3 N–H and O–H groups in total. The van der Waals surface area contributed by atoms with Gasteiger partial charge in [-0.05, 0) is 0 Å². The summed E-state index contributed by atoms with van der Waals surface area (Å²) in [5, 5.41) is 16.8. The summed E-state index contributed by atoms with van der Waals surface area (Å²) in [5.41, 5.74) is 4.25. The van der Waals surface area contributed by atoms with Crippen molar-refractivity contribution in [2.45, 2.75) is 12.8 Å². The first-order valence-electron chi connectivity index (χ1n) is 12.0. The third kappa shape index (κ3) is 7.01. The smallest absolute Gasteiger partial charge is 0.0622 e. The Morgan fingerprint density at radius 1 is 1.00 bits per heavy atom. The van der Waals surface area contributed by atoms with E-state index in [9.17, 15) is 9.90 Å². The van der Waals surface area contributed by atoms with E-state index in [0.29, 0.717) is 18.7 Å². The number of para-hydroxylation sites is 1. The molecule has 0 saturated carbocycles. The van der Waals surface area contributed by atoms with E-state index in [4.69, 9.17) is 4.99 Å². The zero-order valence-corrected chi connectivity index (χ0v) is 26.7. The minimum absolute atomic E-state index is 0. The van der Waals surface area contributed by atoms with Crippen LogP contribution in [0.1, 0.15) is 28.8 Å². The first-order chi connectivity index (χ1) is 18.2. The van der Waals surface area contributed by atoms with E-state index in [0.717, 1.165) is 46.9 Å². The number of aliphatic imine (C=N–C) groups is 1. The predicted octanol–water partition coefficient (Wildman–Crippen LogP) is 2.26. The van der Waals surface area contributed by atoms with Crippen LogP contribution < -0.4 is 28.1 Å². The van der Waals surface area contributed by atoms with Crippen molar-refractivity contribution in [1.82, 2.24) is 13.7 Å². The first kappa shape index (κ1) is 28.7. The molecule has 0 fully saturated rings. The van der Waals surface area contributed by atoms with E-state index in [-0.39, 0.29) is 67.0 Å². The van der Waals surface area contributed by atoms with Crippen LogP contribution in [-0.4, -0.2) is 37.1 Å². The van der Waals surface area contributed by atoms with Crippen molar-refractivity contribution in [3.8, 4) is 16.9 Å². The molecule has 0 aliphatic carbocycles. The van der Waals surface area contributed by atoms with Crippen LogP contribution in [0.3, 0.4) is 0 Å². The normalized spacial score (nSPS) is 15.5. The van der Waals surface area contributed by atoms with Gasteiger partial charge in [0, 0.05) is 21.1 Å². The molecule has 0 unspecified atom stereocenters. The van der Waals surface area contributed by atoms with E-state index >= 15 is 0 Å². The van der Waals surface area contributed by atoms with Gasteiger partial charge in [-0.2, -0.15) is 0 Å². The number of unbranched alkanes of at least 4 members (excludes halogenated alkanes) is 1. The number of rotatable bonds is 8. The number of phenolic OH excluding ortho intramolecular Hbond substituents is 1. The van der Waals surface area contributed by atoms with E-state index < -0.39 is 0 Å². The zero-order valence-electron chi connectivity index (χ0n) is 20.4. The number of halogens is 2. The van der Waals surface area contributed by atoms with Gasteiger partial charge in [0.25, 0.3) is 0 Å². The Bertz CT molecular complexity index is 1410. The Hall–Kier alpha value is -2.30. The van der Waals surface area contributed by atoms with Crippen molar-refractivity contribution in [1.29, 1.82) is 0 Å². The van der Waals surface area contributed by atoms with Crippen molar-refractivity contribution < 1.29 is 48.5 Å². The van der Waals surface area contributed by atoms with E-state index in [2.05, 4.69) is 23.8 Å². The van der Waals surface area contributed by atoms with Crippen LogP contribution >= 0.6 is 16.8 Å². The number of nitrogens with one attached hydrogen (secondary N) is 2. The molecular formula is C29H26I2MoN4O2-2. The predicted molar refractivity (Wildman–Crippen MR) is 154 cm³/mol. The maximum atomic E-state index is 12.9. The second kappa shape index (κ2) is 14.2. The summed E-state index contributed by atoms with van der Waals surface area (Å²) in [5.74, 6) is 2.03. The molecule has 5 rings (SSSR count). The molecule has 0 spiro atoms. The second-order valence-electron chi connectivity index (χ2n) is 8.34. The van der Waals surface area contributed by atoms with Crippen LogP contribution in [0.4, 0.5) is 0 Å². The van der Waals surface area contributed by atoms with E-state index in [1.807, 2.05) is 78.9 Å². The molecule has 3 aromatic carbocycles. The maximum absolute atomic E-state index is 12.9. The number of carbonyl (C=O) groups is 1. The van der Waals surface area contributed by atoms with Gasteiger partial charge in [0.2, 0.25) is 0 Å². The molecule has 0 bridgehead atoms. The molecule has 1 amide bonds. The van der Waals surface area contributed by atoms with Crippen LogP contribution in [-0.2, 0) is 21.1 Å². The molecule has 2 aliphatic heterocycles. The minimum Gasteiger partial charge on any atom is -0.0622 e. The summed E-state index contributed by atoms with van der Waals surface area (Å²) in [6, 6.07) is 25.0. The standard InChI is InChI=1S/C29H26I2N4O2.Mo/c36-26-15-7-6-14-24(26)25-20-28(35-27(34-25)16-17-30-31-35)32-18-8-9-19-33-29(37)23-13-5-4-12-22(23)21-10-2-1-3-11-21;/h1-7,10-15,17,20,34,36H,8-9,18-19H2,(H,33,37);/q-2;. The van der Waals surface area contributed by atoms with Gasteiger partial charge in [-0.1, -0.05) is 36.4 Å². The summed E-state index contributed by atoms with van der Waals surface area (Å²) in [6.45, 7) is 1.27. The quantitative estimate of drug-likeness (QED) is 0.107. The number of aromatic hydroxyl groups is 1. The number of allylic oxidation sites excluding steroid dienone is 1. The molecule has 3 aromatic rings. The number of amides is 1. The number of benzene rings is 3. The Morgan fingerprint density at radius 2 is 1.74 bits per heavy atom. The molecule has 2 heterocycles. The van der Waals surface area contributed by atoms with Gasteiger partial charge >= 0.3 is 199 Å². The number of fused-ring (bicyclic) bond motifs is 1. The number of carbonyl (C=O) groups excluding carboxylic acids is 1. The molecule has 0 saturated heterocycles. The Labute approximate surface area is 254 Å². The molecule has 0 radical (unpaired) electrons. The van der Waals surface area contributed by atoms with Gasteiger partial charge < -0.3 is 0 Å². The first-order valence-corrected chi connectivity index (χ1v) is 20.5. The van der Waals surface area contributed by atoms with Crippen molar-refractivity contribution in [3.63, 3.8) is 0 Å². The monoisotopic (exact) mass is 814 g/mol. The average molecular weight is 812 g/mol. The fourth-order valence-corrected chi connectivity index (χ4v) is 11.1. The molecule has 9 heteroatoms. The van der Waals surface area contributed by atoms with Crippen molar-refractivity contribution >= 4 is 38.2 Å². The minimum atomic E-state index is -0.141. The van der Waals surface area contributed by atoms with Gasteiger partial charge in [0.1, 0.15) is 0 Å². The Balaban J connectivity index is 0.00000336. The molecule has 0 aromatic heterocycles. The summed E-state index contributed by atoms with van der Waals surface area (Å²) in [6.07, 6.45) is 7.09. The van der Waals surface area contributed by atoms with Crippen LogP contribution in [0.2, 0.25) is 0 Å². The van der Waals surface area contributed by atoms with Crippen LogP contribution in [0, 0.1) is 6.08 Å². The third-order valence-electron chi connectivity index (χ3n) is 5.85. The van der Waals surface area contributed by atoms with Crippen LogP contribution in [0.5, 0.6) is 5.75 Å². The molecule has 38 heavy (non-hydrogen) atoms. The number of hydrogen-bond donors (Lipinski definition) is 3. The summed E-state index contributed by atoms with van der Waals surface area (Å²) in [7, 11) is 0. The van der Waals surface area contributed by atoms with Gasteiger partial charge in [0.05, 0.1) is 0 Å². The van der Waals surface area contributed by atoms with E-state index in [1.165, 1.54) is 0 Å². The van der Waals surface area contributed by atoms with Crippen LogP contribution in [0.25, 0.3) is 16.8 Å².